The molecule has 0 unspecified atom stereocenters. The number of allylic oxidation sites excluding steroid dienone is 2. The van der Waals surface area contributed by atoms with Crippen molar-refractivity contribution in [2.75, 3.05) is 4.90 Å². The van der Waals surface area contributed by atoms with Crippen LogP contribution in [0.15, 0.2) is 75.7 Å². The van der Waals surface area contributed by atoms with Crippen molar-refractivity contribution in [3.8, 4) is 17.4 Å². The van der Waals surface area contributed by atoms with Crippen LogP contribution >= 0.6 is 35.0 Å². The topological polar surface area (TPSA) is 100 Å². The maximum Gasteiger partial charge on any atom is 0.248 e. The highest BCUT2D eigenvalue weighted by atomic mass is 35.5. The highest BCUT2D eigenvalue weighted by molar-refractivity contribution is 8.04. The molecule has 1 fully saturated rings. The van der Waals surface area contributed by atoms with Gasteiger partial charge in [-0.15, -0.1) is 0 Å². The zero-order chi connectivity index (χ0) is 25.6. The number of nitrogens with zero attached hydrogens (tertiary/aromatic N) is 2. The third-order valence-corrected chi connectivity index (χ3v) is 8.01. The quantitative estimate of drug-likeness (QED) is 0.399. The molecule has 180 valence electrons. The highest BCUT2D eigenvalue weighted by Gasteiger charge is 2.55. The van der Waals surface area contributed by atoms with Gasteiger partial charge in [0.25, 0.3) is 0 Å². The van der Waals surface area contributed by atoms with Gasteiger partial charge in [-0.3, -0.25) is 9.59 Å². The normalized spacial score (nSPS) is 21.8. The van der Waals surface area contributed by atoms with E-state index in [1.165, 1.54) is 4.90 Å². The Labute approximate surface area is 222 Å². The summed E-state index contributed by atoms with van der Waals surface area (Å²) in [6.45, 7) is 1.93. The number of rotatable bonds is 4. The molecule has 2 aliphatic heterocycles. The Morgan fingerprint density at radius 2 is 1.83 bits per heavy atom. The molecule has 0 spiro atoms. The summed E-state index contributed by atoms with van der Waals surface area (Å²) in [6.07, 6.45) is 3.39. The fraction of sp³-hybridized carbons (Fsp3) is 0.148. The lowest BCUT2D eigenvalue weighted by molar-refractivity contribution is -0.122. The van der Waals surface area contributed by atoms with Gasteiger partial charge < -0.3 is 10.2 Å². The number of aryl methyl sites for hydroxylation is 1. The minimum absolute atomic E-state index is 0.244. The molecule has 9 heteroatoms. The van der Waals surface area contributed by atoms with Gasteiger partial charge in [0.05, 0.1) is 33.3 Å². The number of furan rings is 1. The van der Waals surface area contributed by atoms with Crippen molar-refractivity contribution in [3.05, 3.63) is 92.6 Å². The van der Waals surface area contributed by atoms with Gasteiger partial charge in [-0.25, -0.2) is 4.90 Å². The van der Waals surface area contributed by atoms with Crippen molar-refractivity contribution in [1.29, 1.82) is 5.26 Å². The number of halogens is 2. The third-order valence-electron chi connectivity index (χ3n) is 6.24. The summed E-state index contributed by atoms with van der Waals surface area (Å²) in [5.74, 6) is -1.10. The van der Waals surface area contributed by atoms with Crippen LogP contribution in [0.3, 0.4) is 0 Å². The molecular weight excluding hydrogens is 517 g/mol. The number of fused-ring (bicyclic) bond motifs is 1. The predicted octanol–water partition coefficient (Wildman–Crippen LogP) is 6.19. The Bertz CT molecular complexity index is 1490. The minimum atomic E-state index is -0.762. The lowest BCUT2D eigenvalue weighted by Crippen LogP contribution is -2.34. The molecule has 1 saturated heterocycles. The van der Waals surface area contributed by atoms with Crippen LogP contribution in [0.2, 0.25) is 10.0 Å². The summed E-state index contributed by atoms with van der Waals surface area (Å²) >= 11 is 13.4. The Morgan fingerprint density at radius 1 is 1.08 bits per heavy atom. The molecule has 2 aliphatic rings. The minimum Gasteiger partial charge on any atom is -0.457 e. The van der Waals surface area contributed by atoms with E-state index in [2.05, 4.69) is 6.07 Å². The Kier molecular flexibility index (Phi) is 6.44. The number of hydrogen-bond acceptors (Lipinski definition) is 6. The molecule has 3 heterocycles. The summed E-state index contributed by atoms with van der Waals surface area (Å²) in [7, 11) is 0. The summed E-state index contributed by atoms with van der Waals surface area (Å²) in [5.41, 5.74) is 8.64. The monoisotopic (exact) mass is 535 g/mol. The Balaban J connectivity index is 1.48. The van der Waals surface area contributed by atoms with Gasteiger partial charge in [-0.05, 0) is 55.5 Å². The smallest absolute Gasteiger partial charge is 0.248 e. The molecule has 2 aromatic carbocycles. The molecule has 0 bridgehead atoms. The van der Waals surface area contributed by atoms with Crippen molar-refractivity contribution < 1.29 is 14.0 Å². The fourth-order valence-corrected chi connectivity index (χ4v) is 6.17. The number of benzene rings is 2. The van der Waals surface area contributed by atoms with Gasteiger partial charge in [-0.2, -0.15) is 5.26 Å². The maximum atomic E-state index is 13.5. The van der Waals surface area contributed by atoms with Gasteiger partial charge in [-0.1, -0.05) is 58.7 Å². The number of thioether (sulfide) groups is 1. The number of nitrogens with two attached hydrogens (primary N) is 1. The summed E-state index contributed by atoms with van der Waals surface area (Å²) < 4.78 is 5.93. The van der Waals surface area contributed by atoms with Crippen molar-refractivity contribution in [3.63, 3.8) is 0 Å². The first-order valence-electron chi connectivity index (χ1n) is 11.0. The van der Waals surface area contributed by atoms with Gasteiger partial charge in [0.15, 0.2) is 0 Å². The third kappa shape index (κ3) is 4.22. The molecule has 3 atom stereocenters. The zero-order valence-corrected chi connectivity index (χ0v) is 21.3. The van der Waals surface area contributed by atoms with E-state index in [0.717, 1.165) is 17.3 Å². The molecule has 2 N–H and O–H groups in total. The average Bonchev–Trinajstić information content (AvgIpc) is 3.40. The summed E-state index contributed by atoms with van der Waals surface area (Å²) in [4.78, 5) is 28.0. The van der Waals surface area contributed by atoms with E-state index < -0.39 is 17.1 Å². The number of amides is 2. The van der Waals surface area contributed by atoms with Crippen LogP contribution in [0, 0.1) is 30.1 Å². The van der Waals surface area contributed by atoms with E-state index in [1.54, 1.807) is 54.6 Å². The Morgan fingerprint density at radius 3 is 2.53 bits per heavy atom. The second-order valence-corrected chi connectivity index (χ2v) is 10.5. The first kappa shape index (κ1) is 24.3. The number of anilines is 1. The zero-order valence-electron chi connectivity index (χ0n) is 18.9. The highest BCUT2D eigenvalue weighted by Crippen LogP contribution is 2.47. The molecule has 0 saturated carbocycles. The summed E-state index contributed by atoms with van der Waals surface area (Å²) in [6, 6.07) is 17.9. The van der Waals surface area contributed by atoms with E-state index in [4.69, 9.17) is 33.4 Å². The number of carbonyl (C=O) groups is 2. The molecule has 5 rings (SSSR count). The second-order valence-electron chi connectivity index (χ2n) is 8.51. The fourth-order valence-electron chi connectivity index (χ4n) is 4.45. The van der Waals surface area contributed by atoms with E-state index in [-0.39, 0.29) is 22.4 Å². The van der Waals surface area contributed by atoms with Crippen molar-refractivity contribution >= 4 is 58.5 Å². The Hall–Kier alpha value is -3.44. The lowest BCUT2D eigenvalue weighted by atomic mass is 9.84. The molecule has 0 radical (unpaired) electrons. The molecule has 6 nitrogen and oxygen atoms in total. The van der Waals surface area contributed by atoms with Crippen LogP contribution in [0.4, 0.5) is 5.69 Å². The van der Waals surface area contributed by atoms with Crippen LogP contribution in [-0.4, -0.2) is 17.1 Å². The first-order valence-corrected chi connectivity index (χ1v) is 12.7. The molecular formula is C27H19Cl2N3O3S. The predicted molar refractivity (Wildman–Crippen MR) is 142 cm³/mol. The van der Waals surface area contributed by atoms with Gasteiger partial charge in [0.2, 0.25) is 11.8 Å². The standard InChI is InChI=1S/C27H19Cl2N3O3S/c1-14-2-5-16(6-3-14)32-26(33)23-18(20(13-30)25(31)36-24(23)27(32)34)10-7-17-8-11-22(35-17)19-9-4-15(28)12-21(19)29/h2-12,18,23-24H,31H2,1H3/b10-7+/t18-,23+,24-/m0/s1. The van der Waals surface area contributed by atoms with E-state index in [9.17, 15) is 14.9 Å². The molecule has 1 aromatic heterocycles. The van der Waals surface area contributed by atoms with Crippen LogP contribution in [0.5, 0.6) is 0 Å². The number of hydrogen-bond donors (Lipinski definition) is 1. The number of carbonyl (C=O) groups excluding carboxylic acids is 2. The maximum absolute atomic E-state index is 13.5. The van der Waals surface area contributed by atoms with Crippen molar-refractivity contribution in [2.45, 2.75) is 12.2 Å². The first-order chi connectivity index (χ1) is 17.3. The summed E-state index contributed by atoms with van der Waals surface area (Å²) in [5, 5.41) is 10.3. The van der Waals surface area contributed by atoms with Gasteiger partial charge in [0, 0.05) is 16.5 Å². The molecule has 3 aromatic rings. The molecule has 0 aliphatic carbocycles. The van der Waals surface area contributed by atoms with E-state index in [0.29, 0.717) is 32.8 Å². The van der Waals surface area contributed by atoms with Crippen molar-refractivity contribution in [1.82, 2.24) is 0 Å². The molecule has 2 amide bonds. The van der Waals surface area contributed by atoms with E-state index in [1.807, 2.05) is 19.1 Å². The molecule has 36 heavy (non-hydrogen) atoms. The average molecular weight is 536 g/mol. The van der Waals surface area contributed by atoms with Crippen molar-refractivity contribution in [2.24, 2.45) is 17.6 Å². The van der Waals surface area contributed by atoms with Gasteiger partial charge in [0.1, 0.15) is 16.8 Å². The van der Waals surface area contributed by atoms with Crippen LogP contribution < -0.4 is 10.6 Å². The second kappa shape index (κ2) is 9.55. The lowest BCUT2D eigenvalue weighted by Gasteiger charge is -2.28. The SMILES string of the molecule is Cc1ccc(N2C(=O)[C@H]3[C@H](SC(N)=C(C#N)[C@@H]3/C=C/c3ccc(-c4ccc(Cl)cc4Cl)o3)C2=O)cc1. The van der Waals surface area contributed by atoms with Crippen LogP contribution in [0.1, 0.15) is 11.3 Å². The largest absolute Gasteiger partial charge is 0.457 e. The van der Waals surface area contributed by atoms with Crippen LogP contribution in [-0.2, 0) is 9.59 Å². The number of nitriles is 1. The van der Waals surface area contributed by atoms with E-state index >= 15 is 0 Å². The van der Waals surface area contributed by atoms with Gasteiger partial charge >= 0.3 is 0 Å². The van der Waals surface area contributed by atoms with Crippen LogP contribution in [0.25, 0.3) is 17.4 Å². The number of imide groups is 1.